The van der Waals surface area contributed by atoms with Crippen molar-refractivity contribution in [1.82, 2.24) is 5.32 Å². The predicted octanol–water partition coefficient (Wildman–Crippen LogP) is 5.41. The second-order valence-electron chi connectivity index (χ2n) is 7.32. The molecule has 3 rings (SSSR count). The number of carbonyl (C=O) groups excluding carboxylic acids is 2. The lowest BCUT2D eigenvalue weighted by molar-refractivity contribution is -0.384. The van der Waals surface area contributed by atoms with Crippen molar-refractivity contribution in [2.24, 2.45) is 0 Å². The molecule has 0 heterocycles. The number of carbonyl (C=O) groups is 2. The van der Waals surface area contributed by atoms with Gasteiger partial charge in [0.2, 0.25) is 0 Å². The summed E-state index contributed by atoms with van der Waals surface area (Å²) in [6, 6.07) is 14.3. The quantitative estimate of drug-likeness (QED) is 0.287. The summed E-state index contributed by atoms with van der Waals surface area (Å²) in [7, 11) is 0. The van der Waals surface area contributed by atoms with Crippen LogP contribution in [-0.4, -0.2) is 16.7 Å². The third-order valence-corrected chi connectivity index (χ3v) is 4.85. The number of nitrogens with one attached hydrogen (secondary N) is 2. The van der Waals surface area contributed by atoms with E-state index in [9.17, 15) is 24.1 Å². The van der Waals surface area contributed by atoms with Crippen molar-refractivity contribution in [2.75, 3.05) is 5.32 Å². The molecule has 33 heavy (non-hydrogen) atoms. The SMILES string of the molecule is Cc1cc(C)cc(NC(=O)C(=Cc2cccc([N+](=O)[O-])c2)NC(=O)c2ccc(F)cc2Cl)c1. The molecule has 0 aliphatic rings. The molecule has 0 fully saturated rings. The van der Waals surface area contributed by atoms with Crippen molar-refractivity contribution in [3.63, 3.8) is 0 Å². The van der Waals surface area contributed by atoms with Crippen molar-refractivity contribution >= 4 is 40.9 Å². The zero-order valence-electron chi connectivity index (χ0n) is 17.7. The van der Waals surface area contributed by atoms with E-state index in [-0.39, 0.29) is 22.0 Å². The zero-order valence-corrected chi connectivity index (χ0v) is 18.4. The first kappa shape index (κ1) is 23.6. The minimum Gasteiger partial charge on any atom is -0.321 e. The van der Waals surface area contributed by atoms with Crippen LogP contribution in [0.15, 0.2) is 66.4 Å². The molecule has 0 aliphatic heterocycles. The molecule has 7 nitrogen and oxygen atoms in total. The van der Waals surface area contributed by atoms with Crippen LogP contribution in [0.2, 0.25) is 5.02 Å². The Balaban J connectivity index is 1.97. The number of benzene rings is 3. The molecule has 9 heteroatoms. The Kier molecular flexibility index (Phi) is 7.20. The van der Waals surface area contributed by atoms with Crippen molar-refractivity contribution < 1.29 is 18.9 Å². The van der Waals surface area contributed by atoms with Crippen LogP contribution in [0.4, 0.5) is 15.8 Å². The van der Waals surface area contributed by atoms with Crippen molar-refractivity contribution in [3.05, 3.63) is 110 Å². The van der Waals surface area contributed by atoms with E-state index in [0.29, 0.717) is 11.3 Å². The third kappa shape index (κ3) is 6.24. The largest absolute Gasteiger partial charge is 0.321 e. The normalized spacial score (nSPS) is 11.1. The van der Waals surface area contributed by atoms with Crippen LogP contribution in [0, 0.1) is 29.8 Å². The van der Waals surface area contributed by atoms with Crippen molar-refractivity contribution in [1.29, 1.82) is 0 Å². The highest BCUT2D eigenvalue weighted by Gasteiger charge is 2.18. The number of nitrogens with zero attached hydrogens (tertiary/aromatic N) is 1. The molecule has 0 aliphatic carbocycles. The Hall–Kier alpha value is -4.04. The number of nitro groups is 1. The predicted molar refractivity (Wildman–Crippen MR) is 124 cm³/mol. The maximum atomic E-state index is 13.4. The molecule has 0 spiro atoms. The highest BCUT2D eigenvalue weighted by Crippen LogP contribution is 2.20. The lowest BCUT2D eigenvalue weighted by atomic mass is 10.1. The van der Waals surface area contributed by atoms with E-state index in [0.717, 1.165) is 23.3 Å². The number of non-ortho nitro benzene ring substituents is 1. The summed E-state index contributed by atoms with van der Waals surface area (Å²) in [6.45, 7) is 3.75. The van der Waals surface area contributed by atoms with E-state index in [2.05, 4.69) is 10.6 Å². The van der Waals surface area contributed by atoms with E-state index < -0.39 is 22.6 Å². The molecular weight excluding hydrogens is 449 g/mol. The average molecular weight is 468 g/mol. The van der Waals surface area contributed by atoms with E-state index in [1.165, 1.54) is 30.3 Å². The third-order valence-electron chi connectivity index (χ3n) is 4.54. The van der Waals surface area contributed by atoms with Crippen LogP contribution in [0.1, 0.15) is 27.0 Å². The molecule has 0 radical (unpaired) electrons. The molecule has 0 unspecified atom stereocenters. The number of nitro benzene ring substituents is 1. The van der Waals surface area contributed by atoms with Crippen LogP contribution in [0.3, 0.4) is 0 Å². The fourth-order valence-corrected chi connectivity index (χ4v) is 3.41. The molecule has 3 aromatic carbocycles. The van der Waals surface area contributed by atoms with Crippen molar-refractivity contribution in [2.45, 2.75) is 13.8 Å². The number of rotatable bonds is 6. The molecule has 168 valence electrons. The number of hydrogen-bond donors (Lipinski definition) is 2. The maximum absolute atomic E-state index is 13.4. The van der Waals surface area contributed by atoms with E-state index in [4.69, 9.17) is 11.6 Å². The second kappa shape index (κ2) is 10.1. The molecular formula is C24H19ClFN3O4. The van der Waals surface area contributed by atoms with Crippen molar-refractivity contribution in [3.8, 4) is 0 Å². The zero-order chi connectivity index (χ0) is 24.1. The minimum atomic E-state index is -0.743. The van der Waals surface area contributed by atoms with Crippen LogP contribution in [0.5, 0.6) is 0 Å². The molecule has 0 saturated heterocycles. The van der Waals surface area contributed by atoms with Crippen LogP contribution < -0.4 is 10.6 Å². The first-order valence-corrected chi connectivity index (χ1v) is 10.1. The Bertz CT molecular complexity index is 1270. The molecule has 0 bridgehead atoms. The highest BCUT2D eigenvalue weighted by atomic mass is 35.5. The molecule has 0 aromatic heterocycles. The summed E-state index contributed by atoms with van der Waals surface area (Å²) >= 11 is 5.97. The van der Waals surface area contributed by atoms with Gasteiger partial charge in [-0.25, -0.2) is 4.39 Å². The monoisotopic (exact) mass is 467 g/mol. The molecule has 3 aromatic rings. The topological polar surface area (TPSA) is 101 Å². The average Bonchev–Trinajstić information content (AvgIpc) is 2.72. The summed E-state index contributed by atoms with van der Waals surface area (Å²) in [5, 5.41) is 16.2. The van der Waals surface area contributed by atoms with E-state index >= 15 is 0 Å². The maximum Gasteiger partial charge on any atom is 0.272 e. The number of aryl methyl sites for hydroxylation is 2. The number of amides is 2. The van der Waals surface area contributed by atoms with Gasteiger partial charge in [-0.05, 0) is 66.9 Å². The smallest absolute Gasteiger partial charge is 0.272 e. The first-order valence-electron chi connectivity index (χ1n) is 9.74. The summed E-state index contributed by atoms with van der Waals surface area (Å²) < 4.78 is 13.4. The van der Waals surface area contributed by atoms with E-state index in [1.807, 2.05) is 19.9 Å². The van der Waals surface area contributed by atoms with Gasteiger partial charge in [0.25, 0.3) is 17.5 Å². The summed E-state index contributed by atoms with van der Waals surface area (Å²) in [5.41, 5.74) is 2.29. The Morgan fingerprint density at radius 2 is 1.73 bits per heavy atom. The van der Waals surface area contributed by atoms with Gasteiger partial charge in [-0.1, -0.05) is 29.8 Å². The van der Waals surface area contributed by atoms with Gasteiger partial charge in [0.15, 0.2) is 0 Å². The number of hydrogen-bond acceptors (Lipinski definition) is 4. The first-order chi connectivity index (χ1) is 15.6. The van der Waals surface area contributed by atoms with Gasteiger partial charge in [0.1, 0.15) is 11.5 Å². The lowest BCUT2D eigenvalue weighted by Gasteiger charge is -2.13. The fourth-order valence-electron chi connectivity index (χ4n) is 3.16. The van der Waals surface area contributed by atoms with Crippen LogP contribution in [0.25, 0.3) is 6.08 Å². The van der Waals surface area contributed by atoms with Gasteiger partial charge in [-0.3, -0.25) is 19.7 Å². The summed E-state index contributed by atoms with van der Waals surface area (Å²) in [5.74, 6) is -2.01. The standard InChI is InChI=1S/C24H19ClFN3O4/c1-14-8-15(2)10-18(9-14)27-24(31)22(12-16-4-3-5-19(11-16)29(32)33)28-23(30)20-7-6-17(26)13-21(20)25/h3-13H,1-2H3,(H,27,31)(H,28,30). The molecule has 2 N–H and O–H groups in total. The fraction of sp³-hybridized carbons (Fsp3) is 0.0833. The number of halogens is 2. The van der Waals surface area contributed by atoms with Crippen LogP contribution >= 0.6 is 11.6 Å². The van der Waals surface area contributed by atoms with Gasteiger partial charge in [-0.15, -0.1) is 0 Å². The van der Waals surface area contributed by atoms with Crippen LogP contribution in [-0.2, 0) is 4.79 Å². The lowest BCUT2D eigenvalue weighted by Crippen LogP contribution is -2.31. The summed E-state index contributed by atoms with van der Waals surface area (Å²) in [4.78, 5) is 36.3. The van der Waals surface area contributed by atoms with Gasteiger partial charge in [-0.2, -0.15) is 0 Å². The van der Waals surface area contributed by atoms with Gasteiger partial charge < -0.3 is 10.6 Å². The Morgan fingerprint density at radius 3 is 2.36 bits per heavy atom. The Labute approximate surface area is 194 Å². The minimum absolute atomic E-state index is 0.0396. The van der Waals surface area contributed by atoms with Gasteiger partial charge >= 0.3 is 0 Å². The van der Waals surface area contributed by atoms with Gasteiger partial charge in [0.05, 0.1) is 15.5 Å². The Morgan fingerprint density at radius 1 is 1.03 bits per heavy atom. The van der Waals surface area contributed by atoms with Gasteiger partial charge in [0, 0.05) is 17.8 Å². The number of anilines is 1. The van der Waals surface area contributed by atoms with E-state index in [1.54, 1.807) is 18.2 Å². The second-order valence-corrected chi connectivity index (χ2v) is 7.73. The molecule has 0 saturated carbocycles. The molecule has 2 amide bonds. The highest BCUT2D eigenvalue weighted by molar-refractivity contribution is 6.34. The summed E-state index contributed by atoms with van der Waals surface area (Å²) in [6.07, 6.45) is 1.31. The molecule has 0 atom stereocenters.